The highest BCUT2D eigenvalue weighted by Crippen LogP contribution is 2.23. The van der Waals surface area contributed by atoms with Crippen LogP contribution in [0, 0.1) is 5.82 Å². The summed E-state index contributed by atoms with van der Waals surface area (Å²) in [6.45, 7) is 0.610. The van der Waals surface area contributed by atoms with E-state index in [0.29, 0.717) is 31.4 Å². The van der Waals surface area contributed by atoms with Gasteiger partial charge < -0.3 is 10.1 Å². The fourth-order valence-electron chi connectivity index (χ4n) is 3.43. The first-order valence-electron chi connectivity index (χ1n) is 10.2. The van der Waals surface area contributed by atoms with E-state index in [4.69, 9.17) is 4.74 Å². The molecule has 0 aromatic heterocycles. The first kappa shape index (κ1) is 22.2. The van der Waals surface area contributed by atoms with E-state index in [-0.39, 0.29) is 11.4 Å². The maximum absolute atomic E-state index is 13.2. The van der Waals surface area contributed by atoms with Crippen LogP contribution in [0.3, 0.4) is 0 Å². The normalized spacial score (nSPS) is 14.6. The zero-order valence-electron chi connectivity index (χ0n) is 16.8. The predicted octanol–water partition coefficient (Wildman–Crippen LogP) is 3.49. The summed E-state index contributed by atoms with van der Waals surface area (Å²) in [5.41, 5.74) is 0.363. The van der Waals surface area contributed by atoms with E-state index < -0.39 is 21.7 Å². The minimum Gasteiger partial charge on any atom is -0.378 e. The summed E-state index contributed by atoms with van der Waals surface area (Å²) in [5, 5.41) is 2.76. The molecule has 2 aromatic rings. The van der Waals surface area contributed by atoms with Crippen molar-refractivity contribution in [3.05, 3.63) is 60.4 Å². The maximum atomic E-state index is 13.2. The average molecular weight is 435 g/mol. The Morgan fingerprint density at radius 1 is 1.07 bits per heavy atom. The predicted molar refractivity (Wildman–Crippen MR) is 113 cm³/mol. The molecule has 0 atom stereocenters. The molecule has 1 saturated carbocycles. The summed E-state index contributed by atoms with van der Waals surface area (Å²) < 4.78 is 46.2. The van der Waals surface area contributed by atoms with Gasteiger partial charge in [-0.15, -0.1) is 0 Å². The second-order valence-electron chi connectivity index (χ2n) is 7.28. The minimum atomic E-state index is -4.03. The van der Waals surface area contributed by atoms with E-state index >= 15 is 0 Å². The van der Waals surface area contributed by atoms with Gasteiger partial charge in [-0.05, 0) is 55.7 Å². The smallest absolute Gasteiger partial charge is 0.264 e. The van der Waals surface area contributed by atoms with Crippen LogP contribution >= 0.6 is 0 Å². The number of hydrogen-bond donors (Lipinski definition) is 1. The van der Waals surface area contributed by atoms with Crippen LogP contribution in [0.1, 0.15) is 32.1 Å². The first-order chi connectivity index (χ1) is 14.5. The van der Waals surface area contributed by atoms with Crippen molar-refractivity contribution in [2.24, 2.45) is 0 Å². The number of hydrogen-bond acceptors (Lipinski definition) is 4. The standard InChI is InChI=1S/C22H27FN2O4S/c23-18-11-13-21(14-12-18)30(27,28)25(19-7-2-1-3-8-19)17-22(26)24-15-6-16-29-20-9-4-5-10-20/h1-3,7-8,11-14,20H,4-6,9-10,15-17H2,(H,24,26). The van der Waals surface area contributed by atoms with Gasteiger partial charge in [-0.25, -0.2) is 12.8 Å². The van der Waals surface area contributed by atoms with E-state index in [1.165, 1.54) is 25.0 Å². The number of para-hydroxylation sites is 1. The summed E-state index contributed by atoms with van der Waals surface area (Å²) in [7, 11) is -4.03. The number of sulfonamides is 1. The summed E-state index contributed by atoms with van der Waals surface area (Å²) in [4.78, 5) is 12.4. The molecule has 30 heavy (non-hydrogen) atoms. The van der Waals surface area contributed by atoms with E-state index in [2.05, 4.69) is 5.32 Å². The molecule has 1 aliphatic rings. The van der Waals surface area contributed by atoms with Crippen molar-refractivity contribution in [1.29, 1.82) is 0 Å². The van der Waals surface area contributed by atoms with Crippen LogP contribution in [0.4, 0.5) is 10.1 Å². The Labute approximate surface area is 177 Å². The van der Waals surface area contributed by atoms with Gasteiger partial charge in [-0.3, -0.25) is 9.10 Å². The van der Waals surface area contributed by atoms with E-state index in [1.54, 1.807) is 30.3 Å². The fourth-order valence-corrected chi connectivity index (χ4v) is 4.86. The quantitative estimate of drug-likeness (QED) is 0.581. The Kier molecular flexibility index (Phi) is 7.81. The Hall–Kier alpha value is -2.45. The lowest BCUT2D eigenvalue weighted by Gasteiger charge is -2.24. The SMILES string of the molecule is O=C(CN(c1ccccc1)S(=O)(=O)c1ccc(F)cc1)NCCCOC1CCCC1. The number of benzene rings is 2. The van der Waals surface area contributed by atoms with Crippen LogP contribution in [0.5, 0.6) is 0 Å². The third kappa shape index (κ3) is 6.03. The molecule has 1 fully saturated rings. The molecule has 0 heterocycles. The van der Waals surface area contributed by atoms with Crippen molar-refractivity contribution in [2.45, 2.75) is 43.1 Å². The molecular weight excluding hydrogens is 407 g/mol. The minimum absolute atomic E-state index is 0.0782. The number of carbonyl (C=O) groups is 1. The molecule has 8 heteroatoms. The number of rotatable bonds is 10. The Balaban J connectivity index is 1.61. The number of anilines is 1. The highest BCUT2D eigenvalue weighted by atomic mass is 32.2. The van der Waals surface area contributed by atoms with Crippen LogP contribution < -0.4 is 9.62 Å². The molecule has 162 valence electrons. The molecule has 0 radical (unpaired) electrons. The topological polar surface area (TPSA) is 75.7 Å². The second-order valence-corrected chi connectivity index (χ2v) is 9.14. The van der Waals surface area contributed by atoms with Gasteiger partial charge in [0.1, 0.15) is 12.4 Å². The van der Waals surface area contributed by atoms with Gasteiger partial charge in [0.2, 0.25) is 5.91 Å². The van der Waals surface area contributed by atoms with Crippen LogP contribution in [-0.2, 0) is 19.6 Å². The largest absolute Gasteiger partial charge is 0.378 e. The average Bonchev–Trinajstić information content (AvgIpc) is 3.26. The third-order valence-electron chi connectivity index (χ3n) is 5.03. The Morgan fingerprint density at radius 3 is 2.40 bits per heavy atom. The molecule has 0 bridgehead atoms. The number of halogens is 1. The summed E-state index contributed by atoms with van der Waals surface area (Å²) >= 11 is 0. The van der Waals surface area contributed by atoms with Crippen LogP contribution in [-0.4, -0.2) is 40.1 Å². The van der Waals surface area contributed by atoms with E-state index in [1.807, 2.05) is 0 Å². The van der Waals surface area contributed by atoms with Crippen LogP contribution in [0.15, 0.2) is 59.5 Å². The second kappa shape index (κ2) is 10.5. The highest BCUT2D eigenvalue weighted by molar-refractivity contribution is 7.92. The maximum Gasteiger partial charge on any atom is 0.264 e. The molecule has 0 saturated heterocycles. The number of ether oxygens (including phenoxy) is 1. The van der Waals surface area contributed by atoms with Gasteiger partial charge in [-0.1, -0.05) is 31.0 Å². The van der Waals surface area contributed by atoms with Crippen molar-refractivity contribution in [1.82, 2.24) is 5.32 Å². The van der Waals surface area contributed by atoms with Crippen molar-refractivity contribution in [2.75, 3.05) is 24.0 Å². The molecule has 0 unspecified atom stereocenters. The summed E-state index contributed by atoms with van der Waals surface area (Å²) in [5.74, 6) is -0.941. The number of nitrogens with one attached hydrogen (secondary N) is 1. The molecule has 0 aliphatic heterocycles. The molecule has 2 aromatic carbocycles. The lowest BCUT2D eigenvalue weighted by molar-refractivity contribution is -0.119. The van der Waals surface area contributed by atoms with Gasteiger partial charge in [0, 0.05) is 13.2 Å². The van der Waals surface area contributed by atoms with E-state index in [9.17, 15) is 17.6 Å². The lowest BCUT2D eigenvalue weighted by Crippen LogP contribution is -2.41. The van der Waals surface area contributed by atoms with Crippen molar-refractivity contribution < 1.29 is 22.3 Å². The van der Waals surface area contributed by atoms with E-state index in [0.717, 1.165) is 29.3 Å². The van der Waals surface area contributed by atoms with Crippen LogP contribution in [0.25, 0.3) is 0 Å². The molecule has 3 rings (SSSR count). The molecule has 1 amide bonds. The Bertz CT molecular complexity index is 914. The molecule has 6 nitrogen and oxygen atoms in total. The zero-order valence-corrected chi connectivity index (χ0v) is 17.6. The van der Waals surface area contributed by atoms with Crippen molar-refractivity contribution in [3.63, 3.8) is 0 Å². The highest BCUT2D eigenvalue weighted by Gasteiger charge is 2.27. The Morgan fingerprint density at radius 2 is 1.73 bits per heavy atom. The first-order valence-corrected chi connectivity index (χ1v) is 11.6. The number of amides is 1. The summed E-state index contributed by atoms with van der Waals surface area (Å²) in [6.07, 6.45) is 5.60. The molecule has 1 N–H and O–H groups in total. The third-order valence-corrected chi connectivity index (χ3v) is 6.82. The van der Waals surface area contributed by atoms with Gasteiger partial charge in [0.05, 0.1) is 16.7 Å². The molecule has 1 aliphatic carbocycles. The van der Waals surface area contributed by atoms with Gasteiger partial charge in [-0.2, -0.15) is 0 Å². The summed E-state index contributed by atoms with van der Waals surface area (Å²) in [6, 6.07) is 12.9. The number of nitrogens with zero attached hydrogens (tertiary/aromatic N) is 1. The van der Waals surface area contributed by atoms with Crippen molar-refractivity contribution >= 4 is 21.6 Å². The monoisotopic (exact) mass is 434 g/mol. The molecular formula is C22H27FN2O4S. The van der Waals surface area contributed by atoms with Gasteiger partial charge in [0.15, 0.2) is 0 Å². The van der Waals surface area contributed by atoms with Gasteiger partial charge in [0.25, 0.3) is 10.0 Å². The lowest BCUT2D eigenvalue weighted by atomic mass is 10.3. The molecule has 0 spiro atoms. The van der Waals surface area contributed by atoms with Crippen LogP contribution in [0.2, 0.25) is 0 Å². The van der Waals surface area contributed by atoms with Gasteiger partial charge >= 0.3 is 0 Å². The fraction of sp³-hybridized carbons (Fsp3) is 0.409. The van der Waals surface area contributed by atoms with Crippen molar-refractivity contribution in [3.8, 4) is 0 Å². The zero-order chi connectivity index (χ0) is 21.4. The number of carbonyl (C=O) groups excluding carboxylic acids is 1.